The van der Waals surface area contributed by atoms with E-state index in [2.05, 4.69) is 31.4 Å². The van der Waals surface area contributed by atoms with Crippen LogP contribution in [0.4, 0.5) is 0 Å². The zero-order valence-corrected chi connectivity index (χ0v) is 12.9. The van der Waals surface area contributed by atoms with Gasteiger partial charge in [-0.25, -0.2) is 0 Å². The van der Waals surface area contributed by atoms with Crippen molar-refractivity contribution in [3.05, 3.63) is 0 Å². The van der Waals surface area contributed by atoms with Crippen molar-refractivity contribution in [3.63, 3.8) is 0 Å². The summed E-state index contributed by atoms with van der Waals surface area (Å²) < 4.78 is 11.9. The standard InChI is InChI=1S/C13H28N2O2S/c1-5-7-14-12(11(3)4)9-18(17)10-13(16)15-8-6-2/h11-12,14H,5-10H2,1-4H3,(H,15,16). The van der Waals surface area contributed by atoms with E-state index in [4.69, 9.17) is 0 Å². The van der Waals surface area contributed by atoms with Gasteiger partial charge in [-0.2, -0.15) is 0 Å². The quantitative estimate of drug-likeness (QED) is 0.632. The maximum absolute atomic E-state index is 11.9. The third-order valence-electron chi connectivity index (χ3n) is 2.69. The Morgan fingerprint density at radius 2 is 1.78 bits per heavy atom. The molecule has 0 spiro atoms. The Morgan fingerprint density at radius 3 is 2.28 bits per heavy atom. The van der Waals surface area contributed by atoms with E-state index in [1.54, 1.807) is 0 Å². The first kappa shape index (κ1) is 17.6. The molecule has 18 heavy (non-hydrogen) atoms. The summed E-state index contributed by atoms with van der Waals surface area (Å²) in [6.07, 6.45) is 1.97. The van der Waals surface area contributed by atoms with Crippen molar-refractivity contribution >= 4 is 16.7 Å². The molecule has 0 fully saturated rings. The van der Waals surface area contributed by atoms with Gasteiger partial charge in [-0.3, -0.25) is 9.00 Å². The number of hydrogen-bond donors (Lipinski definition) is 2. The molecule has 0 aromatic rings. The normalized spacial score (nSPS) is 14.5. The Balaban J connectivity index is 4.04. The Bertz CT molecular complexity index is 257. The summed E-state index contributed by atoms with van der Waals surface area (Å²) in [5.74, 6) is 1.00. The Hall–Kier alpha value is -0.420. The van der Waals surface area contributed by atoms with Gasteiger partial charge in [0.05, 0.1) is 0 Å². The highest BCUT2D eigenvalue weighted by molar-refractivity contribution is 7.85. The fraction of sp³-hybridized carbons (Fsp3) is 0.923. The van der Waals surface area contributed by atoms with Crippen molar-refractivity contribution in [2.75, 3.05) is 24.6 Å². The SMILES string of the molecule is CCCNC(=O)CS(=O)CC(NCCC)C(C)C. The summed E-state index contributed by atoms with van der Waals surface area (Å²) in [4.78, 5) is 11.5. The van der Waals surface area contributed by atoms with Crippen LogP contribution in [0.5, 0.6) is 0 Å². The van der Waals surface area contributed by atoms with Gasteiger partial charge >= 0.3 is 0 Å². The number of hydrogen-bond acceptors (Lipinski definition) is 3. The first-order chi connectivity index (χ1) is 8.51. The second-order valence-electron chi connectivity index (χ2n) is 4.91. The van der Waals surface area contributed by atoms with Crippen LogP contribution < -0.4 is 10.6 Å². The number of nitrogens with one attached hydrogen (secondary N) is 2. The number of amides is 1. The van der Waals surface area contributed by atoms with E-state index in [1.807, 2.05) is 6.92 Å². The van der Waals surface area contributed by atoms with Crippen LogP contribution in [0.25, 0.3) is 0 Å². The van der Waals surface area contributed by atoms with Crippen LogP contribution in [-0.4, -0.2) is 40.8 Å². The van der Waals surface area contributed by atoms with Gasteiger partial charge in [0.25, 0.3) is 0 Å². The summed E-state index contributed by atoms with van der Waals surface area (Å²) >= 11 is 0. The summed E-state index contributed by atoms with van der Waals surface area (Å²) in [5.41, 5.74) is 0. The van der Waals surface area contributed by atoms with Gasteiger partial charge in [0.1, 0.15) is 5.75 Å². The lowest BCUT2D eigenvalue weighted by Gasteiger charge is -2.21. The first-order valence-electron chi connectivity index (χ1n) is 6.86. The number of carbonyl (C=O) groups is 1. The molecule has 108 valence electrons. The van der Waals surface area contributed by atoms with E-state index >= 15 is 0 Å². The van der Waals surface area contributed by atoms with Crippen LogP contribution in [0.3, 0.4) is 0 Å². The highest BCUT2D eigenvalue weighted by Gasteiger charge is 2.17. The van der Waals surface area contributed by atoms with Crippen LogP contribution in [0.1, 0.15) is 40.5 Å². The lowest BCUT2D eigenvalue weighted by molar-refractivity contribution is -0.118. The molecule has 2 atom stereocenters. The second kappa shape index (κ2) is 10.5. The predicted octanol–water partition coefficient (Wildman–Crippen LogP) is 1.29. The molecule has 0 aromatic heterocycles. The molecule has 0 aliphatic heterocycles. The van der Waals surface area contributed by atoms with Gasteiger partial charge < -0.3 is 10.6 Å². The molecule has 0 saturated carbocycles. The van der Waals surface area contributed by atoms with Crippen LogP contribution in [0.15, 0.2) is 0 Å². The molecule has 0 aromatic carbocycles. The van der Waals surface area contributed by atoms with Crippen molar-refractivity contribution < 1.29 is 9.00 Å². The minimum absolute atomic E-state index is 0.104. The average Bonchev–Trinajstić information content (AvgIpc) is 2.31. The zero-order chi connectivity index (χ0) is 14.0. The minimum atomic E-state index is -1.08. The van der Waals surface area contributed by atoms with Gasteiger partial charge in [-0.1, -0.05) is 27.7 Å². The van der Waals surface area contributed by atoms with Crippen LogP contribution in [-0.2, 0) is 15.6 Å². The smallest absolute Gasteiger partial charge is 0.232 e. The minimum Gasteiger partial charge on any atom is -0.355 e. The molecule has 0 saturated heterocycles. The monoisotopic (exact) mass is 276 g/mol. The zero-order valence-electron chi connectivity index (χ0n) is 12.1. The van der Waals surface area contributed by atoms with Crippen molar-refractivity contribution in [1.82, 2.24) is 10.6 Å². The topological polar surface area (TPSA) is 58.2 Å². The van der Waals surface area contributed by atoms with E-state index < -0.39 is 10.8 Å². The molecule has 2 N–H and O–H groups in total. The molecule has 2 unspecified atom stereocenters. The third kappa shape index (κ3) is 8.64. The van der Waals surface area contributed by atoms with Crippen molar-refractivity contribution in [3.8, 4) is 0 Å². The van der Waals surface area contributed by atoms with E-state index in [0.717, 1.165) is 19.4 Å². The molecule has 4 nitrogen and oxygen atoms in total. The van der Waals surface area contributed by atoms with E-state index in [0.29, 0.717) is 18.2 Å². The maximum atomic E-state index is 11.9. The second-order valence-corrected chi connectivity index (χ2v) is 6.41. The van der Waals surface area contributed by atoms with Crippen LogP contribution in [0, 0.1) is 5.92 Å². The van der Waals surface area contributed by atoms with Gasteiger partial charge in [0.15, 0.2) is 0 Å². The number of carbonyl (C=O) groups excluding carboxylic acids is 1. The molecule has 5 heteroatoms. The largest absolute Gasteiger partial charge is 0.355 e. The third-order valence-corrected chi connectivity index (χ3v) is 4.01. The fourth-order valence-electron chi connectivity index (χ4n) is 1.54. The first-order valence-corrected chi connectivity index (χ1v) is 8.35. The molecule has 0 aliphatic rings. The molecule has 0 radical (unpaired) electrons. The Morgan fingerprint density at radius 1 is 1.17 bits per heavy atom. The summed E-state index contributed by atoms with van der Waals surface area (Å²) in [5, 5.41) is 6.15. The molecule has 0 rings (SSSR count). The summed E-state index contributed by atoms with van der Waals surface area (Å²) in [7, 11) is -1.08. The van der Waals surface area contributed by atoms with Gasteiger partial charge in [0, 0.05) is 29.1 Å². The van der Waals surface area contributed by atoms with Crippen molar-refractivity contribution in [2.24, 2.45) is 5.92 Å². The van der Waals surface area contributed by atoms with E-state index in [-0.39, 0.29) is 17.7 Å². The molecular weight excluding hydrogens is 248 g/mol. The number of rotatable bonds is 10. The summed E-state index contributed by atoms with van der Waals surface area (Å²) in [6.45, 7) is 9.93. The van der Waals surface area contributed by atoms with Gasteiger partial charge in [-0.05, 0) is 25.3 Å². The average molecular weight is 276 g/mol. The molecule has 0 bridgehead atoms. The van der Waals surface area contributed by atoms with Crippen LogP contribution in [0.2, 0.25) is 0 Å². The molecule has 0 aliphatic carbocycles. The molecular formula is C13H28N2O2S. The highest BCUT2D eigenvalue weighted by Crippen LogP contribution is 2.04. The Labute approximate surface area is 114 Å². The van der Waals surface area contributed by atoms with Gasteiger partial charge in [0.2, 0.25) is 5.91 Å². The molecule has 0 heterocycles. The molecule has 1 amide bonds. The summed E-state index contributed by atoms with van der Waals surface area (Å²) in [6, 6.07) is 0.227. The fourth-order valence-corrected chi connectivity index (χ4v) is 2.95. The van der Waals surface area contributed by atoms with Crippen LogP contribution >= 0.6 is 0 Å². The Kier molecular flexibility index (Phi) is 10.3. The van der Waals surface area contributed by atoms with E-state index in [9.17, 15) is 9.00 Å². The van der Waals surface area contributed by atoms with Crippen molar-refractivity contribution in [1.29, 1.82) is 0 Å². The van der Waals surface area contributed by atoms with Crippen molar-refractivity contribution in [2.45, 2.75) is 46.6 Å². The lowest BCUT2D eigenvalue weighted by atomic mass is 10.1. The van der Waals surface area contributed by atoms with E-state index in [1.165, 1.54) is 0 Å². The van der Waals surface area contributed by atoms with Gasteiger partial charge in [-0.15, -0.1) is 0 Å². The lowest BCUT2D eigenvalue weighted by Crippen LogP contribution is -2.40. The maximum Gasteiger partial charge on any atom is 0.232 e. The predicted molar refractivity (Wildman–Crippen MR) is 78.1 cm³/mol. The highest BCUT2D eigenvalue weighted by atomic mass is 32.2.